The molecule has 1 fully saturated rings. The normalized spacial score (nSPS) is 17.6. The number of benzene rings is 2. The molecule has 4 heteroatoms. The fourth-order valence-electron chi connectivity index (χ4n) is 3.46. The van der Waals surface area contributed by atoms with Crippen LogP contribution in [-0.4, -0.2) is 36.4 Å². The van der Waals surface area contributed by atoms with Gasteiger partial charge in [0.1, 0.15) is 12.4 Å². The summed E-state index contributed by atoms with van der Waals surface area (Å²) in [5, 5.41) is 0. The van der Waals surface area contributed by atoms with Gasteiger partial charge in [0.15, 0.2) is 5.78 Å². The molecular formula is C22H26BrNO2. The van der Waals surface area contributed by atoms with Gasteiger partial charge in [0.05, 0.1) is 0 Å². The smallest absolute Gasteiger partial charge is 0.193 e. The van der Waals surface area contributed by atoms with Gasteiger partial charge in [0.2, 0.25) is 0 Å². The summed E-state index contributed by atoms with van der Waals surface area (Å²) in [6.45, 7) is 7.54. The van der Waals surface area contributed by atoms with Crippen LogP contribution in [0.5, 0.6) is 5.75 Å². The summed E-state index contributed by atoms with van der Waals surface area (Å²) in [5.74, 6) is 1.54. The zero-order valence-corrected chi connectivity index (χ0v) is 17.0. The molecule has 0 amide bonds. The van der Waals surface area contributed by atoms with Crippen LogP contribution in [0.15, 0.2) is 53.0 Å². The molecule has 1 atom stereocenters. The van der Waals surface area contributed by atoms with Crippen molar-refractivity contribution in [3.8, 4) is 5.75 Å². The number of halogens is 1. The molecule has 0 radical (unpaired) electrons. The minimum absolute atomic E-state index is 0.0305. The first-order valence-corrected chi connectivity index (χ1v) is 10.1. The van der Waals surface area contributed by atoms with Crippen molar-refractivity contribution >= 4 is 21.7 Å². The van der Waals surface area contributed by atoms with Gasteiger partial charge in [0.25, 0.3) is 0 Å². The van der Waals surface area contributed by atoms with Gasteiger partial charge in [-0.15, -0.1) is 0 Å². The van der Waals surface area contributed by atoms with Crippen LogP contribution in [0.2, 0.25) is 0 Å². The van der Waals surface area contributed by atoms with E-state index >= 15 is 0 Å². The Morgan fingerprint density at radius 3 is 2.35 bits per heavy atom. The highest BCUT2D eigenvalue weighted by Gasteiger charge is 2.25. The standard InChI is InChI=1S/C22H26BrNO2/c1-16(2)14-24-13-3-4-20(24)15-26-21-11-7-18(8-12-21)22(25)17-5-9-19(23)10-6-17/h5-12,16,20H,3-4,13-15H2,1-2H3. The molecule has 3 nitrogen and oxygen atoms in total. The van der Waals surface area contributed by atoms with Crippen LogP contribution in [0.1, 0.15) is 42.6 Å². The Bertz CT molecular complexity index is 725. The van der Waals surface area contributed by atoms with Crippen LogP contribution in [-0.2, 0) is 0 Å². The van der Waals surface area contributed by atoms with Crippen LogP contribution in [0.4, 0.5) is 0 Å². The van der Waals surface area contributed by atoms with E-state index in [9.17, 15) is 4.79 Å². The summed E-state index contributed by atoms with van der Waals surface area (Å²) in [5.41, 5.74) is 1.37. The second-order valence-corrected chi connectivity index (χ2v) is 8.27. The fraction of sp³-hybridized carbons (Fsp3) is 0.409. The van der Waals surface area contributed by atoms with Crippen LogP contribution < -0.4 is 4.74 Å². The van der Waals surface area contributed by atoms with Gasteiger partial charge in [-0.1, -0.05) is 29.8 Å². The van der Waals surface area contributed by atoms with Gasteiger partial charge in [0, 0.05) is 28.2 Å². The van der Waals surface area contributed by atoms with Gasteiger partial charge < -0.3 is 4.74 Å². The molecule has 1 aliphatic rings. The average molecular weight is 416 g/mol. The molecule has 26 heavy (non-hydrogen) atoms. The first-order chi connectivity index (χ1) is 12.5. The first kappa shape index (κ1) is 19.1. The SMILES string of the molecule is CC(C)CN1CCCC1COc1ccc(C(=O)c2ccc(Br)cc2)cc1. The van der Waals surface area contributed by atoms with E-state index in [1.165, 1.54) is 19.4 Å². The number of ether oxygens (including phenoxy) is 1. The molecule has 138 valence electrons. The number of carbonyl (C=O) groups excluding carboxylic acids is 1. The lowest BCUT2D eigenvalue weighted by Crippen LogP contribution is -2.36. The highest BCUT2D eigenvalue weighted by Crippen LogP contribution is 2.21. The number of ketones is 1. The molecule has 0 bridgehead atoms. The van der Waals surface area contributed by atoms with Crippen molar-refractivity contribution in [3.05, 3.63) is 64.1 Å². The minimum Gasteiger partial charge on any atom is -0.492 e. The maximum absolute atomic E-state index is 12.5. The minimum atomic E-state index is 0.0305. The first-order valence-electron chi connectivity index (χ1n) is 9.30. The van der Waals surface area contributed by atoms with Crippen LogP contribution in [0.3, 0.4) is 0 Å². The molecule has 2 aromatic rings. The predicted octanol–water partition coefficient (Wildman–Crippen LogP) is 5.18. The van der Waals surface area contributed by atoms with Gasteiger partial charge in [-0.25, -0.2) is 0 Å². The Kier molecular flexibility index (Phi) is 6.49. The van der Waals surface area contributed by atoms with Crippen molar-refractivity contribution in [2.75, 3.05) is 19.7 Å². The molecule has 2 aromatic carbocycles. The van der Waals surface area contributed by atoms with E-state index in [2.05, 4.69) is 34.7 Å². The second-order valence-electron chi connectivity index (χ2n) is 7.36. The van der Waals surface area contributed by atoms with E-state index in [-0.39, 0.29) is 5.78 Å². The summed E-state index contributed by atoms with van der Waals surface area (Å²) in [6, 6.07) is 15.4. The highest BCUT2D eigenvalue weighted by atomic mass is 79.9. The number of likely N-dealkylation sites (tertiary alicyclic amines) is 1. The average Bonchev–Trinajstić information content (AvgIpc) is 3.07. The lowest BCUT2D eigenvalue weighted by Gasteiger charge is -2.26. The molecule has 1 heterocycles. The third kappa shape index (κ3) is 4.95. The summed E-state index contributed by atoms with van der Waals surface area (Å²) in [4.78, 5) is 15.1. The molecule has 1 unspecified atom stereocenters. The van der Waals surface area contributed by atoms with E-state index in [1.807, 2.05) is 48.5 Å². The molecule has 1 saturated heterocycles. The molecule has 0 saturated carbocycles. The third-order valence-electron chi connectivity index (χ3n) is 4.76. The van der Waals surface area contributed by atoms with Crippen LogP contribution in [0.25, 0.3) is 0 Å². The summed E-state index contributed by atoms with van der Waals surface area (Å²) < 4.78 is 6.97. The Morgan fingerprint density at radius 2 is 1.73 bits per heavy atom. The predicted molar refractivity (Wildman–Crippen MR) is 109 cm³/mol. The Labute approximate surface area is 164 Å². The van der Waals surface area contributed by atoms with E-state index in [0.717, 1.165) is 16.8 Å². The van der Waals surface area contributed by atoms with Gasteiger partial charge in [-0.05, 0) is 73.8 Å². The number of hydrogen-bond donors (Lipinski definition) is 0. The maximum Gasteiger partial charge on any atom is 0.193 e. The molecule has 0 spiro atoms. The number of carbonyl (C=O) groups is 1. The molecule has 3 rings (SSSR count). The van der Waals surface area contributed by atoms with Gasteiger partial charge in [-0.3, -0.25) is 9.69 Å². The van der Waals surface area contributed by atoms with Crippen LogP contribution in [0, 0.1) is 5.92 Å². The maximum atomic E-state index is 12.5. The number of nitrogens with zero attached hydrogens (tertiary/aromatic N) is 1. The quantitative estimate of drug-likeness (QED) is 0.583. The molecule has 0 aliphatic carbocycles. The molecular weight excluding hydrogens is 390 g/mol. The molecule has 0 aromatic heterocycles. The van der Waals surface area contributed by atoms with E-state index < -0.39 is 0 Å². The zero-order chi connectivity index (χ0) is 18.5. The second kappa shape index (κ2) is 8.83. The van der Waals surface area contributed by atoms with Gasteiger partial charge in [-0.2, -0.15) is 0 Å². The van der Waals surface area contributed by atoms with Crippen molar-refractivity contribution in [3.63, 3.8) is 0 Å². The summed E-state index contributed by atoms with van der Waals surface area (Å²) in [7, 11) is 0. The molecule has 1 aliphatic heterocycles. The monoisotopic (exact) mass is 415 g/mol. The van der Waals surface area contributed by atoms with Gasteiger partial charge >= 0.3 is 0 Å². The highest BCUT2D eigenvalue weighted by molar-refractivity contribution is 9.10. The zero-order valence-electron chi connectivity index (χ0n) is 15.5. The van der Waals surface area contributed by atoms with Crippen molar-refractivity contribution in [1.82, 2.24) is 4.90 Å². The van der Waals surface area contributed by atoms with Crippen molar-refractivity contribution in [1.29, 1.82) is 0 Å². The lowest BCUT2D eigenvalue weighted by molar-refractivity contribution is 0.103. The topological polar surface area (TPSA) is 29.5 Å². The fourth-order valence-corrected chi connectivity index (χ4v) is 3.72. The summed E-state index contributed by atoms with van der Waals surface area (Å²) >= 11 is 3.39. The third-order valence-corrected chi connectivity index (χ3v) is 5.29. The lowest BCUT2D eigenvalue weighted by atomic mass is 10.0. The Hall–Kier alpha value is -1.65. The van der Waals surface area contributed by atoms with Crippen molar-refractivity contribution in [2.45, 2.75) is 32.7 Å². The summed E-state index contributed by atoms with van der Waals surface area (Å²) in [6.07, 6.45) is 2.45. The Balaban J connectivity index is 1.57. The van der Waals surface area contributed by atoms with E-state index in [1.54, 1.807) is 0 Å². The van der Waals surface area contributed by atoms with E-state index in [0.29, 0.717) is 29.7 Å². The Morgan fingerprint density at radius 1 is 1.12 bits per heavy atom. The largest absolute Gasteiger partial charge is 0.492 e. The van der Waals surface area contributed by atoms with Crippen molar-refractivity contribution in [2.24, 2.45) is 5.92 Å². The number of hydrogen-bond acceptors (Lipinski definition) is 3. The van der Waals surface area contributed by atoms with E-state index in [4.69, 9.17) is 4.74 Å². The molecule has 0 N–H and O–H groups in total. The van der Waals surface area contributed by atoms with Crippen LogP contribution >= 0.6 is 15.9 Å². The van der Waals surface area contributed by atoms with Crippen molar-refractivity contribution < 1.29 is 9.53 Å². The number of rotatable bonds is 7.